The Labute approximate surface area is 155 Å². The molecule has 0 saturated carbocycles. The lowest BCUT2D eigenvalue weighted by molar-refractivity contribution is 0.866. The first kappa shape index (κ1) is 19.8. The SMILES string of the molecule is CCN(CC)c1ccc(P(CC)c2ccc(N(CC)CC)cc2)cc1. The maximum atomic E-state index is 2.40. The van der Waals surface area contributed by atoms with Crippen LogP contribution in [-0.4, -0.2) is 32.3 Å². The average Bonchev–Trinajstić information content (AvgIpc) is 2.67. The van der Waals surface area contributed by atoms with E-state index in [1.54, 1.807) is 0 Å². The van der Waals surface area contributed by atoms with E-state index in [1.165, 1.54) is 28.1 Å². The molecule has 2 aromatic rings. The van der Waals surface area contributed by atoms with E-state index in [-0.39, 0.29) is 7.92 Å². The van der Waals surface area contributed by atoms with Crippen molar-refractivity contribution < 1.29 is 0 Å². The van der Waals surface area contributed by atoms with Gasteiger partial charge in [-0.25, -0.2) is 0 Å². The fourth-order valence-electron chi connectivity index (χ4n) is 3.38. The molecule has 0 amide bonds. The van der Waals surface area contributed by atoms with Crippen molar-refractivity contribution in [2.24, 2.45) is 0 Å². The van der Waals surface area contributed by atoms with Gasteiger partial charge in [0.2, 0.25) is 0 Å². The zero-order valence-corrected chi connectivity index (χ0v) is 17.4. The van der Waals surface area contributed by atoms with Gasteiger partial charge in [-0.05, 0) is 76.7 Å². The second-order valence-corrected chi connectivity index (χ2v) is 8.64. The molecule has 0 radical (unpaired) electrons. The average molecular weight is 356 g/mol. The molecule has 0 aliphatic rings. The van der Waals surface area contributed by atoms with Gasteiger partial charge in [0, 0.05) is 37.6 Å². The Balaban J connectivity index is 2.21. The normalized spacial score (nSPS) is 11.0. The zero-order chi connectivity index (χ0) is 18.2. The second kappa shape index (κ2) is 9.82. The van der Waals surface area contributed by atoms with Gasteiger partial charge >= 0.3 is 0 Å². The summed E-state index contributed by atoms with van der Waals surface area (Å²) >= 11 is 0. The minimum Gasteiger partial charge on any atom is -0.372 e. The predicted molar refractivity (Wildman–Crippen MR) is 117 cm³/mol. The van der Waals surface area contributed by atoms with Crippen LogP contribution in [-0.2, 0) is 0 Å². The third-order valence-electron chi connectivity index (χ3n) is 4.90. The van der Waals surface area contributed by atoms with Crippen molar-refractivity contribution in [1.82, 2.24) is 0 Å². The quantitative estimate of drug-likeness (QED) is 0.594. The Hall–Kier alpha value is -1.53. The molecular weight excluding hydrogens is 323 g/mol. The van der Waals surface area contributed by atoms with Crippen molar-refractivity contribution in [3.05, 3.63) is 48.5 Å². The van der Waals surface area contributed by atoms with Crippen LogP contribution >= 0.6 is 7.92 Å². The molecular formula is C22H33N2P. The summed E-state index contributed by atoms with van der Waals surface area (Å²) in [5.41, 5.74) is 2.66. The predicted octanol–water partition coefficient (Wildman–Crippen LogP) is 4.83. The van der Waals surface area contributed by atoms with E-state index < -0.39 is 0 Å². The fourth-order valence-corrected chi connectivity index (χ4v) is 5.42. The number of rotatable bonds is 9. The van der Waals surface area contributed by atoms with Crippen LogP contribution in [0.1, 0.15) is 34.6 Å². The molecule has 0 aliphatic heterocycles. The molecule has 0 aliphatic carbocycles. The second-order valence-electron chi connectivity index (χ2n) is 6.12. The van der Waals surface area contributed by atoms with Crippen molar-refractivity contribution in [1.29, 1.82) is 0 Å². The van der Waals surface area contributed by atoms with Crippen LogP contribution < -0.4 is 20.4 Å². The van der Waals surface area contributed by atoms with Gasteiger partial charge < -0.3 is 9.80 Å². The van der Waals surface area contributed by atoms with Gasteiger partial charge in [0.05, 0.1) is 0 Å². The lowest BCUT2D eigenvalue weighted by Crippen LogP contribution is -2.23. The molecule has 25 heavy (non-hydrogen) atoms. The number of hydrogen-bond acceptors (Lipinski definition) is 2. The maximum absolute atomic E-state index is 2.40. The zero-order valence-electron chi connectivity index (χ0n) is 16.5. The van der Waals surface area contributed by atoms with E-state index in [0.29, 0.717) is 0 Å². The highest BCUT2D eigenvalue weighted by Gasteiger charge is 2.13. The Bertz CT molecular complexity index is 558. The van der Waals surface area contributed by atoms with Crippen molar-refractivity contribution in [2.75, 3.05) is 42.1 Å². The maximum Gasteiger partial charge on any atom is 0.0366 e. The van der Waals surface area contributed by atoms with Crippen LogP contribution in [0.25, 0.3) is 0 Å². The first-order chi connectivity index (χ1) is 12.2. The van der Waals surface area contributed by atoms with Gasteiger partial charge in [0.25, 0.3) is 0 Å². The van der Waals surface area contributed by atoms with E-state index in [1.807, 2.05) is 0 Å². The summed E-state index contributed by atoms with van der Waals surface area (Å²) in [7, 11) is -0.266. The molecule has 2 rings (SSSR count). The summed E-state index contributed by atoms with van der Waals surface area (Å²) in [6.45, 7) is 15.4. The summed E-state index contributed by atoms with van der Waals surface area (Å²) in [5, 5.41) is 2.95. The molecule has 2 nitrogen and oxygen atoms in total. The van der Waals surface area contributed by atoms with Gasteiger partial charge in [0.15, 0.2) is 0 Å². The molecule has 0 unspecified atom stereocenters. The monoisotopic (exact) mass is 356 g/mol. The third-order valence-corrected chi connectivity index (χ3v) is 7.37. The van der Waals surface area contributed by atoms with E-state index in [0.717, 1.165) is 26.2 Å². The van der Waals surface area contributed by atoms with Crippen molar-refractivity contribution >= 4 is 29.9 Å². The molecule has 0 spiro atoms. The molecule has 0 atom stereocenters. The third kappa shape index (κ3) is 4.76. The standard InChI is InChI=1S/C22H33N2P/c1-6-23(7-2)19-11-15-21(16-12-19)25(10-5)22-17-13-20(14-18-22)24(8-3)9-4/h11-18H,6-10H2,1-5H3. The first-order valence-electron chi connectivity index (χ1n) is 9.65. The summed E-state index contributed by atoms with van der Waals surface area (Å²) < 4.78 is 0. The van der Waals surface area contributed by atoms with Crippen LogP contribution in [0, 0.1) is 0 Å². The lowest BCUT2D eigenvalue weighted by Gasteiger charge is -2.24. The topological polar surface area (TPSA) is 6.48 Å². The Kier molecular flexibility index (Phi) is 7.78. The summed E-state index contributed by atoms with van der Waals surface area (Å²) in [6.07, 6.45) is 1.19. The van der Waals surface area contributed by atoms with E-state index >= 15 is 0 Å². The Morgan fingerprint density at radius 3 is 1.12 bits per heavy atom. The molecule has 0 heterocycles. The minimum atomic E-state index is -0.266. The number of nitrogens with zero attached hydrogens (tertiary/aromatic N) is 2. The van der Waals surface area contributed by atoms with Crippen molar-refractivity contribution in [3.8, 4) is 0 Å². The first-order valence-corrected chi connectivity index (χ1v) is 11.2. The van der Waals surface area contributed by atoms with Crippen LogP contribution in [0.4, 0.5) is 11.4 Å². The van der Waals surface area contributed by atoms with Gasteiger partial charge in [0.1, 0.15) is 0 Å². The molecule has 3 heteroatoms. The molecule has 136 valence electrons. The Morgan fingerprint density at radius 1 is 0.560 bits per heavy atom. The van der Waals surface area contributed by atoms with Gasteiger partial charge in [-0.3, -0.25) is 0 Å². The lowest BCUT2D eigenvalue weighted by atomic mass is 10.3. The van der Waals surface area contributed by atoms with Crippen molar-refractivity contribution in [3.63, 3.8) is 0 Å². The van der Waals surface area contributed by atoms with Gasteiger partial charge in [-0.1, -0.05) is 31.2 Å². The van der Waals surface area contributed by atoms with Gasteiger partial charge in [-0.2, -0.15) is 0 Å². The van der Waals surface area contributed by atoms with E-state index in [2.05, 4.69) is 92.9 Å². The van der Waals surface area contributed by atoms with Crippen LogP contribution in [0.5, 0.6) is 0 Å². The number of hydrogen-bond donors (Lipinski definition) is 0. The number of benzene rings is 2. The molecule has 0 saturated heterocycles. The van der Waals surface area contributed by atoms with Gasteiger partial charge in [-0.15, -0.1) is 0 Å². The fraction of sp³-hybridized carbons (Fsp3) is 0.455. The largest absolute Gasteiger partial charge is 0.372 e. The molecule has 0 aromatic heterocycles. The number of anilines is 2. The smallest absolute Gasteiger partial charge is 0.0366 e. The summed E-state index contributed by atoms with van der Waals surface area (Å²) in [4.78, 5) is 4.80. The molecule has 0 bridgehead atoms. The highest BCUT2D eigenvalue weighted by Crippen LogP contribution is 2.34. The molecule has 2 aromatic carbocycles. The van der Waals surface area contributed by atoms with Crippen LogP contribution in [0.2, 0.25) is 0 Å². The van der Waals surface area contributed by atoms with E-state index in [4.69, 9.17) is 0 Å². The molecule has 0 fully saturated rings. The van der Waals surface area contributed by atoms with Crippen LogP contribution in [0.15, 0.2) is 48.5 Å². The highest BCUT2D eigenvalue weighted by atomic mass is 31.1. The Morgan fingerprint density at radius 2 is 0.880 bits per heavy atom. The summed E-state index contributed by atoms with van der Waals surface area (Å²) in [6, 6.07) is 18.5. The minimum absolute atomic E-state index is 0.266. The van der Waals surface area contributed by atoms with E-state index in [9.17, 15) is 0 Å². The highest BCUT2D eigenvalue weighted by molar-refractivity contribution is 7.72. The van der Waals surface area contributed by atoms with Crippen LogP contribution in [0.3, 0.4) is 0 Å². The molecule has 0 N–H and O–H groups in total. The summed E-state index contributed by atoms with van der Waals surface area (Å²) in [5.74, 6) is 0. The van der Waals surface area contributed by atoms with Crippen molar-refractivity contribution in [2.45, 2.75) is 34.6 Å².